The third-order valence-corrected chi connectivity index (χ3v) is 1.37. The molecule has 0 spiro atoms. The third-order valence-electron chi connectivity index (χ3n) is 1.37. The smallest absolute Gasteiger partial charge is 0.293 e. The van der Waals surface area contributed by atoms with Crippen LogP contribution in [-0.2, 0) is 9.53 Å². The molecule has 0 aliphatic carbocycles. The Balaban J connectivity index is 2.41. The van der Waals surface area contributed by atoms with Crippen molar-refractivity contribution in [2.75, 3.05) is 6.61 Å². The molecule has 12 heavy (non-hydrogen) atoms. The van der Waals surface area contributed by atoms with Crippen LogP contribution in [0.5, 0.6) is 0 Å². The van der Waals surface area contributed by atoms with Crippen molar-refractivity contribution in [2.24, 2.45) is 0 Å². The standard InChI is InChI=1S/C10H10O2/c11-9-12-8-4-7-10-5-2-1-3-6-10/h1-7,9H,8H2/b7-4-. The Hall–Kier alpha value is -1.57. The van der Waals surface area contributed by atoms with Gasteiger partial charge in [0.1, 0.15) is 6.61 Å². The quantitative estimate of drug-likeness (QED) is 0.499. The Morgan fingerprint density at radius 2 is 2.00 bits per heavy atom. The van der Waals surface area contributed by atoms with E-state index in [0.29, 0.717) is 13.1 Å². The minimum Gasteiger partial charge on any atom is -0.464 e. The molecule has 1 aromatic carbocycles. The van der Waals surface area contributed by atoms with Crippen molar-refractivity contribution in [1.29, 1.82) is 0 Å². The highest BCUT2D eigenvalue weighted by Gasteiger charge is 1.81. The van der Waals surface area contributed by atoms with Gasteiger partial charge in [0.05, 0.1) is 0 Å². The number of carbonyl (C=O) groups is 1. The molecule has 0 unspecified atom stereocenters. The van der Waals surface area contributed by atoms with Crippen LogP contribution in [0.15, 0.2) is 36.4 Å². The summed E-state index contributed by atoms with van der Waals surface area (Å²) in [6, 6.07) is 9.84. The van der Waals surface area contributed by atoms with E-state index >= 15 is 0 Å². The molecule has 0 atom stereocenters. The molecule has 0 saturated carbocycles. The van der Waals surface area contributed by atoms with Crippen molar-refractivity contribution in [1.82, 2.24) is 0 Å². The first-order valence-electron chi connectivity index (χ1n) is 3.70. The summed E-state index contributed by atoms with van der Waals surface area (Å²) in [5.41, 5.74) is 1.10. The van der Waals surface area contributed by atoms with Gasteiger partial charge in [-0.3, -0.25) is 4.79 Å². The van der Waals surface area contributed by atoms with Crippen molar-refractivity contribution in [3.63, 3.8) is 0 Å². The molecular formula is C10H10O2. The molecule has 0 aromatic heterocycles. The summed E-state index contributed by atoms with van der Waals surface area (Å²) in [4.78, 5) is 9.76. The van der Waals surface area contributed by atoms with Crippen LogP contribution in [0, 0.1) is 0 Å². The Kier molecular flexibility index (Phi) is 3.64. The fraction of sp³-hybridized carbons (Fsp3) is 0.100. The monoisotopic (exact) mass is 162 g/mol. The van der Waals surface area contributed by atoms with Gasteiger partial charge in [0.15, 0.2) is 0 Å². The first-order chi connectivity index (χ1) is 5.93. The second-order valence-electron chi connectivity index (χ2n) is 2.24. The lowest BCUT2D eigenvalue weighted by molar-refractivity contribution is -0.127. The van der Waals surface area contributed by atoms with Crippen molar-refractivity contribution in [2.45, 2.75) is 0 Å². The van der Waals surface area contributed by atoms with Crippen LogP contribution in [0.4, 0.5) is 0 Å². The number of ether oxygens (including phenoxy) is 1. The molecule has 0 heterocycles. The van der Waals surface area contributed by atoms with Crippen LogP contribution in [0.3, 0.4) is 0 Å². The van der Waals surface area contributed by atoms with Gasteiger partial charge >= 0.3 is 0 Å². The maximum absolute atomic E-state index is 9.76. The lowest BCUT2D eigenvalue weighted by Gasteiger charge is -1.91. The summed E-state index contributed by atoms with van der Waals surface area (Å²) >= 11 is 0. The number of hydrogen-bond donors (Lipinski definition) is 0. The van der Waals surface area contributed by atoms with E-state index < -0.39 is 0 Å². The maximum Gasteiger partial charge on any atom is 0.293 e. The van der Waals surface area contributed by atoms with Gasteiger partial charge in [-0.25, -0.2) is 0 Å². The summed E-state index contributed by atoms with van der Waals surface area (Å²) in [5.74, 6) is 0. The molecule has 0 saturated heterocycles. The molecule has 0 radical (unpaired) electrons. The van der Waals surface area contributed by atoms with E-state index in [1.165, 1.54) is 0 Å². The van der Waals surface area contributed by atoms with Gasteiger partial charge in [-0.1, -0.05) is 36.4 Å². The lowest BCUT2D eigenvalue weighted by atomic mass is 10.2. The fourth-order valence-electron chi connectivity index (χ4n) is 0.843. The zero-order chi connectivity index (χ0) is 8.65. The molecule has 0 fully saturated rings. The topological polar surface area (TPSA) is 26.3 Å². The Labute approximate surface area is 71.5 Å². The van der Waals surface area contributed by atoms with Crippen LogP contribution < -0.4 is 0 Å². The molecule has 1 aromatic rings. The highest BCUT2D eigenvalue weighted by molar-refractivity contribution is 5.49. The van der Waals surface area contributed by atoms with E-state index in [9.17, 15) is 4.79 Å². The van der Waals surface area contributed by atoms with Gasteiger partial charge in [0, 0.05) is 0 Å². The predicted molar refractivity (Wildman–Crippen MR) is 47.5 cm³/mol. The minimum absolute atomic E-state index is 0.332. The van der Waals surface area contributed by atoms with Gasteiger partial charge < -0.3 is 4.74 Å². The second-order valence-corrected chi connectivity index (χ2v) is 2.24. The van der Waals surface area contributed by atoms with Crippen LogP contribution in [0.2, 0.25) is 0 Å². The molecule has 2 heteroatoms. The lowest BCUT2D eigenvalue weighted by Crippen LogP contribution is -1.84. The number of carbonyl (C=O) groups excluding carboxylic acids is 1. The van der Waals surface area contributed by atoms with E-state index in [1.54, 1.807) is 6.08 Å². The van der Waals surface area contributed by atoms with E-state index in [1.807, 2.05) is 36.4 Å². The Morgan fingerprint density at radius 3 is 2.67 bits per heavy atom. The van der Waals surface area contributed by atoms with E-state index in [-0.39, 0.29) is 0 Å². The first-order valence-corrected chi connectivity index (χ1v) is 3.70. The number of benzene rings is 1. The van der Waals surface area contributed by atoms with Crippen molar-refractivity contribution in [3.8, 4) is 0 Å². The zero-order valence-electron chi connectivity index (χ0n) is 6.64. The van der Waals surface area contributed by atoms with Crippen LogP contribution in [-0.4, -0.2) is 13.1 Å². The maximum atomic E-state index is 9.76. The third kappa shape index (κ3) is 3.01. The Bertz CT molecular complexity index is 252. The van der Waals surface area contributed by atoms with Crippen molar-refractivity contribution < 1.29 is 9.53 Å². The van der Waals surface area contributed by atoms with E-state index in [0.717, 1.165) is 5.56 Å². The molecule has 0 bridgehead atoms. The molecule has 62 valence electrons. The molecule has 0 aliphatic rings. The van der Waals surface area contributed by atoms with Gasteiger partial charge in [-0.15, -0.1) is 0 Å². The van der Waals surface area contributed by atoms with Gasteiger partial charge in [-0.05, 0) is 11.6 Å². The average Bonchev–Trinajstić information content (AvgIpc) is 2.14. The summed E-state index contributed by atoms with van der Waals surface area (Å²) in [7, 11) is 0. The van der Waals surface area contributed by atoms with Crippen molar-refractivity contribution in [3.05, 3.63) is 42.0 Å². The summed E-state index contributed by atoms with van der Waals surface area (Å²) in [6.45, 7) is 0.772. The first kappa shape index (κ1) is 8.53. The molecule has 0 aliphatic heterocycles. The average molecular weight is 162 g/mol. The van der Waals surface area contributed by atoms with Crippen LogP contribution in [0.25, 0.3) is 6.08 Å². The fourth-order valence-corrected chi connectivity index (χ4v) is 0.843. The molecule has 0 N–H and O–H groups in total. The highest BCUT2D eigenvalue weighted by atomic mass is 16.5. The summed E-state index contributed by atoms with van der Waals surface area (Å²) < 4.78 is 4.49. The summed E-state index contributed by atoms with van der Waals surface area (Å²) in [5, 5.41) is 0. The largest absolute Gasteiger partial charge is 0.464 e. The van der Waals surface area contributed by atoms with Gasteiger partial charge in [0.2, 0.25) is 0 Å². The highest BCUT2D eigenvalue weighted by Crippen LogP contribution is 1.99. The van der Waals surface area contributed by atoms with Crippen molar-refractivity contribution >= 4 is 12.5 Å². The SMILES string of the molecule is O=COC/C=C\c1ccccc1. The van der Waals surface area contributed by atoms with Crippen LogP contribution >= 0.6 is 0 Å². The zero-order valence-corrected chi connectivity index (χ0v) is 6.64. The minimum atomic E-state index is 0.332. The molecular weight excluding hydrogens is 152 g/mol. The molecule has 1 rings (SSSR count). The van der Waals surface area contributed by atoms with E-state index in [2.05, 4.69) is 4.74 Å². The Morgan fingerprint density at radius 1 is 1.25 bits per heavy atom. The van der Waals surface area contributed by atoms with Crippen LogP contribution in [0.1, 0.15) is 5.56 Å². The number of hydrogen-bond acceptors (Lipinski definition) is 2. The van der Waals surface area contributed by atoms with Gasteiger partial charge in [0.25, 0.3) is 6.47 Å². The van der Waals surface area contributed by atoms with E-state index in [4.69, 9.17) is 0 Å². The normalized spacial score (nSPS) is 10.0. The number of rotatable bonds is 4. The van der Waals surface area contributed by atoms with Gasteiger partial charge in [-0.2, -0.15) is 0 Å². The second kappa shape index (κ2) is 5.13. The molecule has 0 amide bonds. The predicted octanol–water partition coefficient (Wildman–Crippen LogP) is 1.87. The summed E-state index contributed by atoms with van der Waals surface area (Å²) in [6.07, 6.45) is 3.70. The molecule has 2 nitrogen and oxygen atoms in total.